The molecule has 94 valence electrons. The summed E-state index contributed by atoms with van der Waals surface area (Å²) in [5, 5.41) is 13.3. The molecule has 1 fully saturated rings. The van der Waals surface area contributed by atoms with Crippen molar-refractivity contribution in [3.8, 4) is 0 Å². The third-order valence-electron chi connectivity index (χ3n) is 3.52. The van der Waals surface area contributed by atoms with Crippen LogP contribution in [0.25, 0.3) is 0 Å². The molecule has 0 aliphatic heterocycles. The number of hydrogen-bond donors (Lipinski definition) is 2. The number of esters is 1. The van der Waals surface area contributed by atoms with E-state index in [0.29, 0.717) is 25.3 Å². The second kappa shape index (κ2) is 5.64. The first kappa shape index (κ1) is 13.5. The molecule has 0 heterocycles. The van der Waals surface area contributed by atoms with Gasteiger partial charge in [0.05, 0.1) is 12.7 Å². The van der Waals surface area contributed by atoms with Crippen molar-refractivity contribution in [2.24, 2.45) is 5.92 Å². The molecule has 0 saturated heterocycles. The second-order valence-corrected chi connectivity index (χ2v) is 4.65. The van der Waals surface area contributed by atoms with E-state index in [0.717, 1.165) is 12.8 Å². The Kier molecular flexibility index (Phi) is 4.74. The molecule has 0 aromatic carbocycles. The Hall–Kier alpha value is -0.610. The molecule has 0 bridgehead atoms. The summed E-state index contributed by atoms with van der Waals surface area (Å²) in [6.07, 6.45) is 3.52. The van der Waals surface area contributed by atoms with Crippen molar-refractivity contribution in [2.45, 2.75) is 51.2 Å². The van der Waals surface area contributed by atoms with Gasteiger partial charge in [-0.3, -0.25) is 4.79 Å². The molecule has 4 nitrogen and oxygen atoms in total. The maximum atomic E-state index is 11.5. The molecule has 1 aliphatic rings. The summed E-state index contributed by atoms with van der Waals surface area (Å²) in [5.41, 5.74) is -0.707. The van der Waals surface area contributed by atoms with Gasteiger partial charge in [0.25, 0.3) is 0 Å². The zero-order valence-corrected chi connectivity index (χ0v) is 10.5. The fraction of sp³-hybridized carbons (Fsp3) is 0.917. The minimum Gasteiger partial charge on any atom is -0.468 e. The van der Waals surface area contributed by atoms with Gasteiger partial charge in [-0.25, -0.2) is 0 Å². The number of carbonyl (C=O) groups excluding carboxylic acids is 1. The number of methoxy groups -OCH3 is 1. The molecule has 1 unspecified atom stereocenters. The van der Waals surface area contributed by atoms with Crippen LogP contribution < -0.4 is 5.32 Å². The Morgan fingerprint density at radius 2 is 2.06 bits per heavy atom. The molecule has 0 aromatic heterocycles. The second-order valence-electron chi connectivity index (χ2n) is 4.65. The molecular weight excluding hydrogens is 206 g/mol. The third kappa shape index (κ3) is 3.46. The first-order valence-corrected chi connectivity index (χ1v) is 6.10. The maximum Gasteiger partial charge on any atom is 0.323 e. The monoisotopic (exact) mass is 229 g/mol. The Labute approximate surface area is 97.4 Å². The lowest BCUT2D eigenvalue weighted by Crippen LogP contribution is -2.48. The van der Waals surface area contributed by atoms with Crippen LogP contribution in [0.2, 0.25) is 0 Å². The first-order chi connectivity index (χ1) is 7.56. The van der Waals surface area contributed by atoms with Gasteiger partial charge >= 0.3 is 5.97 Å². The van der Waals surface area contributed by atoms with Crippen LogP contribution >= 0.6 is 0 Å². The van der Waals surface area contributed by atoms with Gasteiger partial charge in [-0.2, -0.15) is 0 Å². The smallest absolute Gasteiger partial charge is 0.323 e. The number of carbonyl (C=O) groups is 1. The van der Waals surface area contributed by atoms with E-state index >= 15 is 0 Å². The van der Waals surface area contributed by atoms with Gasteiger partial charge in [-0.1, -0.05) is 13.8 Å². The van der Waals surface area contributed by atoms with Crippen LogP contribution in [0.3, 0.4) is 0 Å². The highest BCUT2D eigenvalue weighted by molar-refractivity contribution is 5.76. The van der Waals surface area contributed by atoms with Crippen molar-refractivity contribution in [3.63, 3.8) is 0 Å². The predicted octanol–water partition coefficient (Wildman–Crippen LogP) is 1.08. The predicted molar refractivity (Wildman–Crippen MR) is 62.1 cm³/mol. The zero-order valence-electron chi connectivity index (χ0n) is 10.5. The molecule has 16 heavy (non-hydrogen) atoms. The zero-order chi connectivity index (χ0) is 12.2. The average molecular weight is 229 g/mol. The normalized spacial score (nSPS) is 18.2. The molecule has 0 spiro atoms. The number of aliphatic hydroxyl groups is 1. The van der Waals surface area contributed by atoms with Crippen molar-refractivity contribution in [3.05, 3.63) is 0 Å². The van der Waals surface area contributed by atoms with Crippen molar-refractivity contribution in [1.82, 2.24) is 5.32 Å². The molecule has 4 heteroatoms. The summed E-state index contributed by atoms with van der Waals surface area (Å²) < 4.78 is 4.76. The Morgan fingerprint density at radius 3 is 2.44 bits per heavy atom. The van der Waals surface area contributed by atoms with Gasteiger partial charge in [0.2, 0.25) is 0 Å². The van der Waals surface area contributed by atoms with Crippen LogP contribution in [-0.4, -0.2) is 36.4 Å². The van der Waals surface area contributed by atoms with E-state index in [1.807, 2.05) is 13.8 Å². The van der Waals surface area contributed by atoms with Crippen LogP contribution in [0, 0.1) is 5.92 Å². The summed E-state index contributed by atoms with van der Waals surface area (Å²) >= 11 is 0. The van der Waals surface area contributed by atoms with Crippen molar-refractivity contribution < 1.29 is 14.6 Å². The lowest BCUT2D eigenvalue weighted by Gasteiger charge is -2.28. The standard InChI is InChI=1S/C12H23NO3/c1-4-12(15,5-2)8-13-10(9-6-7-9)11(14)16-3/h9-10,13,15H,4-8H2,1-3H3. The lowest BCUT2D eigenvalue weighted by atomic mass is 9.97. The van der Waals surface area contributed by atoms with Gasteiger partial charge in [0, 0.05) is 6.54 Å². The number of rotatable bonds is 7. The Balaban J connectivity index is 2.46. The highest BCUT2D eigenvalue weighted by atomic mass is 16.5. The number of nitrogens with one attached hydrogen (secondary N) is 1. The minimum absolute atomic E-state index is 0.211. The SMILES string of the molecule is CCC(O)(CC)CNC(C(=O)OC)C1CC1. The van der Waals surface area contributed by atoms with E-state index in [-0.39, 0.29) is 12.0 Å². The Morgan fingerprint density at radius 1 is 1.50 bits per heavy atom. The van der Waals surface area contributed by atoms with Crippen molar-refractivity contribution in [1.29, 1.82) is 0 Å². The Bertz CT molecular complexity index is 234. The molecule has 0 amide bonds. The fourth-order valence-electron chi connectivity index (χ4n) is 1.80. The van der Waals surface area contributed by atoms with Crippen molar-refractivity contribution >= 4 is 5.97 Å². The molecular formula is C12H23NO3. The van der Waals surface area contributed by atoms with Crippen LogP contribution in [0.4, 0.5) is 0 Å². The summed E-state index contributed by atoms with van der Waals surface area (Å²) in [7, 11) is 1.41. The largest absolute Gasteiger partial charge is 0.468 e. The highest BCUT2D eigenvalue weighted by Crippen LogP contribution is 2.33. The summed E-state index contributed by atoms with van der Waals surface area (Å²) in [6.45, 7) is 4.36. The number of hydrogen-bond acceptors (Lipinski definition) is 4. The van der Waals surface area contributed by atoms with E-state index in [4.69, 9.17) is 4.74 Å². The first-order valence-electron chi connectivity index (χ1n) is 6.10. The van der Waals surface area contributed by atoms with Gasteiger partial charge < -0.3 is 15.2 Å². The summed E-state index contributed by atoms with van der Waals surface area (Å²) in [4.78, 5) is 11.5. The number of ether oxygens (including phenoxy) is 1. The van der Waals surface area contributed by atoms with Crippen LogP contribution in [0.15, 0.2) is 0 Å². The average Bonchev–Trinajstić information content (AvgIpc) is 3.13. The van der Waals surface area contributed by atoms with E-state index in [2.05, 4.69) is 5.32 Å². The van der Waals surface area contributed by atoms with E-state index < -0.39 is 5.60 Å². The van der Waals surface area contributed by atoms with Gasteiger partial charge in [-0.05, 0) is 31.6 Å². The summed E-state index contributed by atoms with van der Waals surface area (Å²) in [5.74, 6) is 0.183. The van der Waals surface area contributed by atoms with Crippen LogP contribution in [0.5, 0.6) is 0 Å². The van der Waals surface area contributed by atoms with Gasteiger partial charge in [0.15, 0.2) is 0 Å². The fourth-order valence-corrected chi connectivity index (χ4v) is 1.80. The molecule has 0 aromatic rings. The van der Waals surface area contributed by atoms with Crippen LogP contribution in [-0.2, 0) is 9.53 Å². The maximum absolute atomic E-state index is 11.5. The van der Waals surface area contributed by atoms with Crippen LogP contribution in [0.1, 0.15) is 39.5 Å². The molecule has 1 atom stereocenters. The highest BCUT2D eigenvalue weighted by Gasteiger charge is 2.38. The molecule has 1 rings (SSSR count). The molecule has 2 N–H and O–H groups in total. The molecule has 1 saturated carbocycles. The topological polar surface area (TPSA) is 58.6 Å². The quantitative estimate of drug-likeness (QED) is 0.641. The van der Waals surface area contributed by atoms with Crippen molar-refractivity contribution in [2.75, 3.05) is 13.7 Å². The van der Waals surface area contributed by atoms with E-state index in [1.165, 1.54) is 7.11 Å². The third-order valence-corrected chi connectivity index (χ3v) is 3.52. The lowest BCUT2D eigenvalue weighted by molar-refractivity contribution is -0.144. The molecule has 1 aliphatic carbocycles. The van der Waals surface area contributed by atoms with E-state index in [1.54, 1.807) is 0 Å². The molecule has 0 radical (unpaired) electrons. The van der Waals surface area contributed by atoms with E-state index in [9.17, 15) is 9.90 Å². The van der Waals surface area contributed by atoms with Gasteiger partial charge in [-0.15, -0.1) is 0 Å². The van der Waals surface area contributed by atoms with Gasteiger partial charge in [0.1, 0.15) is 6.04 Å². The summed E-state index contributed by atoms with van der Waals surface area (Å²) in [6, 6.07) is -0.241. The minimum atomic E-state index is -0.707.